The molecular weight excluding hydrogens is 146 g/mol. The SMILES string of the molecule is O=C(O)c1cnoc1Cl. The molecule has 0 aliphatic carbocycles. The molecule has 0 saturated carbocycles. The van der Waals surface area contributed by atoms with Gasteiger partial charge in [0.15, 0.2) is 0 Å². The molecule has 0 atom stereocenters. The lowest BCUT2D eigenvalue weighted by molar-refractivity contribution is 0.0696. The predicted molar refractivity (Wildman–Crippen MR) is 28.5 cm³/mol. The Morgan fingerprint density at radius 3 is 2.78 bits per heavy atom. The molecule has 1 heterocycles. The number of carbonyl (C=O) groups is 1. The van der Waals surface area contributed by atoms with E-state index >= 15 is 0 Å². The number of aromatic nitrogens is 1. The molecule has 9 heavy (non-hydrogen) atoms. The average molecular weight is 148 g/mol. The second kappa shape index (κ2) is 2.06. The first-order chi connectivity index (χ1) is 4.22. The standard InChI is InChI=1S/C4H2ClNO3/c5-3-2(4(7)8)1-6-9-3/h1H,(H,7,8). The summed E-state index contributed by atoms with van der Waals surface area (Å²) in [5.41, 5.74) is -0.114. The molecule has 1 aromatic heterocycles. The quantitative estimate of drug-likeness (QED) is 0.644. The van der Waals surface area contributed by atoms with Crippen molar-refractivity contribution in [2.45, 2.75) is 0 Å². The third kappa shape index (κ3) is 1.02. The van der Waals surface area contributed by atoms with Crippen LogP contribution in [-0.2, 0) is 0 Å². The maximum absolute atomic E-state index is 10.1. The molecule has 1 rings (SSSR count). The fourth-order valence-electron chi connectivity index (χ4n) is 0.365. The minimum atomic E-state index is -1.14. The van der Waals surface area contributed by atoms with Gasteiger partial charge in [0.25, 0.3) is 0 Å². The maximum atomic E-state index is 10.1. The third-order valence-electron chi connectivity index (χ3n) is 0.757. The number of halogens is 1. The Morgan fingerprint density at radius 1 is 1.89 bits per heavy atom. The molecule has 1 aromatic rings. The van der Waals surface area contributed by atoms with Crippen LogP contribution in [0.25, 0.3) is 0 Å². The Kier molecular flexibility index (Phi) is 1.40. The molecule has 0 fully saturated rings. The number of aromatic carboxylic acids is 1. The Hall–Kier alpha value is -1.03. The van der Waals surface area contributed by atoms with Crippen molar-refractivity contribution in [2.75, 3.05) is 0 Å². The summed E-state index contributed by atoms with van der Waals surface area (Å²) in [6, 6.07) is 0. The van der Waals surface area contributed by atoms with Gasteiger partial charge in [0.1, 0.15) is 5.56 Å². The highest BCUT2D eigenvalue weighted by atomic mass is 35.5. The van der Waals surface area contributed by atoms with Gasteiger partial charge >= 0.3 is 5.97 Å². The molecule has 5 heteroatoms. The third-order valence-corrected chi connectivity index (χ3v) is 1.03. The summed E-state index contributed by atoms with van der Waals surface area (Å²) in [4.78, 5) is 10.1. The molecule has 0 aromatic carbocycles. The van der Waals surface area contributed by atoms with Crippen LogP contribution in [0.5, 0.6) is 0 Å². The van der Waals surface area contributed by atoms with E-state index in [1.165, 1.54) is 0 Å². The van der Waals surface area contributed by atoms with E-state index in [4.69, 9.17) is 16.7 Å². The van der Waals surface area contributed by atoms with E-state index in [-0.39, 0.29) is 10.8 Å². The van der Waals surface area contributed by atoms with E-state index in [1.54, 1.807) is 0 Å². The number of rotatable bonds is 1. The second-order valence-corrected chi connectivity index (χ2v) is 1.66. The predicted octanol–water partition coefficient (Wildman–Crippen LogP) is 1.03. The van der Waals surface area contributed by atoms with Crippen LogP contribution in [0, 0.1) is 0 Å². The minimum Gasteiger partial charge on any atom is -0.477 e. The van der Waals surface area contributed by atoms with Gasteiger partial charge in [-0.25, -0.2) is 4.79 Å². The van der Waals surface area contributed by atoms with Crippen LogP contribution in [0.4, 0.5) is 0 Å². The summed E-state index contributed by atoms with van der Waals surface area (Å²) in [6.45, 7) is 0. The minimum absolute atomic E-state index is 0.114. The lowest BCUT2D eigenvalue weighted by Crippen LogP contribution is -1.92. The van der Waals surface area contributed by atoms with Crippen LogP contribution in [0.2, 0.25) is 5.22 Å². The van der Waals surface area contributed by atoms with Crippen molar-refractivity contribution in [3.63, 3.8) is 0 Å². The van der Waals surface area contributed by atoms with Crippen LogP contribution in [0.3, 0.4) is 0 Å². The van der Waals surface area contributed by atoms with Gasteiger partial charge in [-0.3, -0.25) is 0 Å². The zero-order valence-electron chi connectivity index (χ0n) is 4.17. The monoisotopic (exact) mass is 147 g/mol. The van der Waals surface area contributed by atoms with Crippen molar-refractivity contribution < 1.29 is 14.4 Å². The van der Waals surface area contributed by atoms with Gasteiger partial charge in [-0.2, -0.15) is 0 Å². The first kappa shape index (κ1) is 6.10. The lowest BCUT2D eigenvalue weighted by Gasteiger charge is -1.80. The van der Waals surface area contributed by atoms with Gasteiger partial charge in [-0.15, -0.1) is 0 Å². The molecule has 4 nitrogen and oxygen atoms in total. The fourth-order valence-corrected chi connectivity index (χ4v) is 0.534. The molecule has 0 radical (unpaired) electrons. The molecule has 0 spiro atoms. The van der Waals surface area contributed by atoms with Crippen molar-refractivity contribution in [1.29, 1.82) is 0 Å². The molecule has 0 aliphatic heterocycles. The Balaban J connectivity index is 3.08. The summed E-state index contributed by atoms with van der Waals surface area (Å²) in [7, 11) is 0. The van der Waals surface area contributed by atoms with Crippen LogP contribution < -0.4 is 0 Å². The number of hydrogen-bond acceptors (Lipinski definition) is 3. The van der Waals surface area contributed by atoms with Gasteiger partial charge in [-0.05, 0) is 11.6 Å². The van der Waals surface area contributed by atoms with E-state index in [1.807, 2.05) is 0 Å². The molecule has 0 unspecified atom stereocenters. The molecule has 0 aliphatic rings. The topological polar surface area (TPSA) is 63.3 Å². The number of carboxylic acid groups (broad SMARTS) is 1. The molecule has 0 bridgehead atoms. The van der Waals surface area contributed by atoms with Gasteiger partial charge in [-0.1, -0.05) is 5.16 Å². The molecule has 0 amide bonds. The first-order valence-corrected chi connectivity index (χ1v) is 2.43. The van der Waals surface area contributed by atoms with Crippen LogP contribution in [0.15, 0.2) is 10.7 Å². The van der Waals surface area contributed by atoms with Crippen molar-refractivity contribution in [1.82, 2.24) is 5.16 Å². The highest BCUT2D eigenvalue weighted by Crippen LogP contribution is 2.13. The van der Waals surface area contributed by atoms with Crippen molar-refractivity contribution >= 4 is 17.6 Å². The van der Waals surface area contributed by atoms with E-state index in [0.717, 1.165) is 6.20 Å². The van der Waals surface area contributed by atoms with Gasteiger partial charge in [0.2, 0.25) is 5.22 Å². The van der Waals surface area contributed by atoms with Gasteiger partial charge in [0.05, 0.1) is 6.20 Å². The highest BCUT2D eigenvalue weighted by Gasteiger charge is 2.11. The number of hydrogen-bond donors (Lipinski definition) is 1. The largest absolute Gasteiger partial charge is 0.477 e. The van der Waals surface area contributed by atoms with Crippen molar-refractivity contribution in [3.8, 4) is 0 Å². The van der Waals surface area contributed by atoms with Gasteiger partial charge < -0.3 is 9.63 Å². The first-order valence-electron chi connectivity index (χ1n) is 2.05. The van der Waals surface area contributed by atoms with E-state index in [9.17, 15) is 4.79 Å². The Labute approximate surface area is 55.0 Å². The Bertz CT molecular complexity index is 231. The molecule has 1 N–H and O–H groups in total. The summed E-state index contributed by atoms with van der Waals surface area (Å²) in [5.74, 6) is -1.14. The zero-order valence-corrected chi connectivity index (χ0v) is 4.92. The molecule has 0 saturated heterocycles. The van der Waals surface area contributed by atoms with E-state index in [0.29, 0.717) is 0 Å². The van der Waals surface area contributed by atoms with Crippen molar-refractivity contribution in [3.05, 3.63) is 17.0 Å². The average Bonchev–Trinajstić information content (AvgIpc) is 2.13. The summed E-state index contributed by atoms with van der Waals surface area (Å²) >= 11 is 5.22. The summed E-state index contributed by atoms with van der Waals surface area (Å²) in [5, 5.41) is 11.2. The Morgan fingerprint density at radius 2 is 2.56 bits per heavy atom. The van der Waals surface area contributed by atoms with E-state index < -0.39 is 5.97 Å². The summed E-state index contributed by atoms with van der Waals surface area (Å²) in [6.07, 6.45) is 1.05. The highest BCUT2D eigenvalue weighted by molar-refractivity contribution is 6.31. The summed E-state index contributed by atoms with van der Waals surface area (Å²) < 4.78 is 4.26. The molecule has 48 valence electrons. The lowest BCUT2D eigenvalue weighted by atomic mass is 10.4. The maximum Gasteiger partial charge on any atom is 0.342 e. The van der Waals surface area contributed by atoms with Gasteiger partial charge in [0, 0.05) is 0 Å². The van der Waals surface area contributed by atoms with Crippen molar-refractivity contribution in [2.24, 2.45) is 0 Å². The normalized spacial score (nSPS) is 9.44. The molecular formula is C4H2ClNO3. The van der Waals surface area contributed by atoms with Crippen LogP contribution in [-0.4, -0.2) is 16.2 Å². The van der Waals surface area contributed by atoms with Crippen LogP contribution in [0.1, 0.15) is 10.4 Å². The number of nitrogens with zero attached hydrogens (tertiary/aromatic N) is 1. The van der Waals surface area contributed by atoms with Crippen LogP contribution >= 0.6 is 11.6 Å². The fraction of sp³-hybridized carbons (Fsp3) is 0. The smallest absolute Gasteiger partial charge is 0.342 e. The van der Waals surface area contributed by atoms with E-state index in [2.05, 4.69) is 9.68 Å². The zero-order chi connectivity index (χ0) is 6.85. The number of carboxylic acids is 1. The second-order valence-electron chi connectivity index (χ2n) is 1.32.